The second kappa shape index (κ2) is 8.80. The molecule has 1 aromatic heterocycles. The molecule has 5 aromatic carbocycles. The number of aromatic nitrogens is 1. The summed E-state index contributed by atoms with van der Waals surface area (Å²) in [6, 6.07) is 40.4. The van der Waals surface area contributed by atoms with E-state index in [1.165, 1.54) is 55.6 Å². The molecule has 2 heterocycles. The Morgan fingerprint density at radius 3 is 1.93 bits per heavy atom. The first kappa shape index (κ1) is 25.5. The zero-order valence-electron chi connectivity index (χ0n) is 25.6. The van der Waals surface area contributed by atoms with E-state index in [-0.39, 0.29) is 16.9 Å². The van der Waals surface area contributed by atoms with Crippen molar-refractivity contribution in [2.45, 2.75) is 44.6 Å². The van der Waals surface area contributed by atoms with E-state index in [0.29, 0.717) is 0 Å². The van der Waals surface area contributed by atoms with E-state index in [1.54, 1.807) is 0 Å². The van der Waals surface area contributed by atoms with Crippen LogP contribution in [0.25, 0.3) is 50.5 Å². The Bertz CT molecular complexity index is 2210. The van der Waals surface area contributed by atoms with Gasteiger partial charge < -0.3 is 5.32 Å². The number of anilines is 1. The summed E-state index contributed by atoms with van der Waals surface area (Å²) >= 11 is 0. The number of fused-ring (bicyclic) bond motifs is 9. The van der Waals surface area contributed by atoms with E-state index >= 15 is 0 Å². The Balaban J connectivity index is 1.10. The third-order valence-electron chi connectivity index (χ3n) is 10.5. The van der Waals surface area contributed by atoms with Crippen LogP contribution >= 0.6 is 0 Å². The fraction of sp³-hybridized carbons (Fsp3) is 0.167. The molecule has 1 N–H and O–H groups in total. The van der Waals surface area contributed by atoms with Gasteiger partial charge in [-0.25, -0.2) is 4.98 Å². The molecule has 2 heteroatoms. The molecule has 0 fully saturated rings. The molecule has 0 bridgehead atoms. The van der Waals surface area contributed by atoms with Crippen molar-refractivity contribution >= 4 is 22.7 Å². The molecule has 0 saturated carbocycles. The van der Waals surface area contributed by atoms with E-state index < -0.39 is 0 Å². The standard InChI is InChI=1S/C42H34N2/c1-41(2)33-11-7-5-9-29(33)31-19-15-27(23-35(31)41)37-21-17-25-13-14-26-18-22-38(44-40(26)39(25)43-37)28-16-20-32-30-10-6-8-12-34(30)42(3,4)36(32)24-28/h5-24,37,43H,1-4H3. The summed E-state index contributed by atoms with van der Waals surface area (Å²) in [6.45, 7) is 9.36. The largest absolute Gasteiger partial charge is 0.372 e. The van der Waals surface area contributed by atoms with Crippen molar-refractivity contribution in [1.82, 2.24) is 4.98 Å². The molecule has 1 unspecified atom stereocenters. The van der Waals surface area contributed by atoms with Gasteiger partial charge in [0.2, 0.25) is 0 Å². The fourth-order valence-electron chi connectivity index (χ4n) is 8.03. The summed E-state index contributed by atoms with van der Waals surface area (Å²) in [4.78, 5) is 5.32. The van der Waals surface area contributed by atoms with Gasteiger partial charge in [0.05, 0.1) is 22.9 Å². The number of benzene rings is 5. The van der Waals surface area contributed by atoms with Gasteiger partial charge in [-0.2, -0.15) is 0 Å². The molecule has 0 saturated heterocycles. The molecule has 6 aromatic rings. The first-order valence-electron chi connectivity index (χ1n) is 15.7. The van der Waals surface area contributed by atoms with Gasteiger partial charge >= 0.3 is 0 Å². The minimum absolute atomic E-state index is 0.0207. The highest BCUT2D eigenvalue weighted by atomic mass is 14.9. The zero-order chi connectivity index (χ0) is 29.8. The number of nitrogens with one attached hydrogen (secondary N) is 1. The topological polar surface area (TPSA) is 24.9 Å². The summed E-state index contributed by atoms with van der Waals surface area (Å²) in [5, 5.41) is 5.04. The number of hydrogen-bond acceptors (Lipinski definition) is 2. The van der Waals surface area contributed by atoms with E-state index in [1.807, 2.05) is 0 Å². The highest BCUT2D eigenvalue weighted by Gasteiger charge is 2.36. The smallest absolute Gasteiger partial charge is 0.0947 e. The Morgan fingerprint density at radius 1 is 0.591 bits per heavy atom. The number of hydrogen-bond donors (Lipinski definition) is 1. The molecule has 2 aliphatic carbocycles. The summed E-state index contributed by atoms with van der Waals surface area (Å²) in [5.74, 6) is 0. The fourth-order valence-corrected chi connectivity index (χ4v) is 8.03. The average molecular weight is 567 g/mol. The normalized spacial score (nSPS) is 17.8. The molecular weight excluding hydrogens is 532 g/mol. The van der Waals surface area contributed by atoms with E-state index in [2.05, 4.69) is 154 Å². The van der Waals surface area contributed by atoms with E-state index in [4.69, 9.17) is 4.98 Å². The molecule has 1 atom stereocenters. The molecule has 212 valence electrons. The summed E-state index contributed by atoms with van der Waals surface area (Å²) in [7, 11) is 0. The van der Waals surface area contributed by atoms with Crippen LogP contribution in [0.15, 0.2) is 115 Å². The summed E-state index contributed by atoms with van der Waals surface area (Å²) < 4.78 is 0. The SMILES string of the molecule is CC1(C)c2ccccc2-c2ccc(-c3ccc4ccc5c(c4n3)NC(c3ccc4c(c3)C(C)(C)c3ccccc3-4)C=C5)cc21. The molecule has 44 heavy (non-hydrogen) atoms. The monoisotopic (exact) mass is 566 g/mol. The van der Waals surface area contributed by atoms with Crippen molar-refractivity contribution in [3.8, 4) is 33.5 Å². The van der Waals surface area contributed by atoms with Gasteiger partial charge in [0.1, 0.15) is 0 Å². The van der Waals surface area contributed by atoms with Gasteiger partial charge in [0.25, 0.3) is 0 Å². The van der Waals surface area contributed by atoms with Crippen LogP contribution in [-0.2, 0) is 10.8 Å². The number of rotatable bonds is 2. The molecule has 0 amide bonds. The molecule has 1 aliphatic heterocycles. The minimum atomic E-state index is -0.0384. The van der Waals surface area contributed by atoms with Crippen LogP contribution in [-0.4, -0.2) is 4.98 Å². The molecule has 0 spiro atoms. The van der Waals surface area contributed by atoms with Crippen molar-refractivity contribution < 1.29 is 0 Å². The van der Waals surface area contributed by atoms with Crippen LogP contribution in [0.5, 0.6) is 0 Å². The summed E-state index contributed by atoms with van der Waals surface area (Å²) in [6.07, 6.45) is 4.54. The predicted molar refractivity (Wildman–Crippen MR) is 184 cm³/mol. The lowest BCUT2D eigenvalue weighted by Gasteiger charge is -2.26. The maximum absolute atomic E-state index is 5.32. The molecular formula is C42H34N2. The minimum Gasteiger partial charge on any atom is -0.372 e. The average Bonchev–Trinajstić information content (AvgIpc) is 3.43. The van der Waals surface area contributed by atoms with Crippen molar-refractivity contribution in [3.05, 3.63) is 149 Å². The number of nitrogens with zero attached hydrogens (tertiary/aromatic N) is 1. The van der Waals surface area contributed by atoms with Gasteiger partial charge in [-0.15, -0.1) is 0 Å². The summed E-state index contributed by atoms with van der Waals surface area (Å²) in [5.41, 5.74) is 17.7. The van der Waals surface area contributed by atoms with Crippen LogP contribution in [0, 0.1) is 0 Å². The van der Waals surface area contributed by atoms with Gasteiger partial charge in [0.15, 0.2) is 0 Å². The van der Waals surface area contributed by atoms with Crippen LogP contribution in [0.1, 0.15) is 67.1 Å². The van der Waals surface area contributed by atoms with Crippen LogP contribution < -0.4 is 5.32 Å². The lowest BCUT2D eigenvalue weighted by molar-refractivity contribution is 0.659. The lowest BCUT2D eigenvalue weighted by atomic mass is 9.81. The van der Waals surface area contributed by atoms with Crippen molar-refractivity contribution in [1.29, 1.82) is 0 Å². The Kier molecular flexibility index (Phi) is 5.11. The predicted octanol–water partition coefficient (Wildman–Crippen LogP) is 10.7. The highest BCUT2D eigenvalue weighted by Crippen LogP contribution is 2.51. The Labute approximate surface area is 259 Å². The van der Waals surface area contributed by atoms with Gasteiger partial charge in [-0.1, -0.05) is 137 Å². The lowest BCUT2D eigenvalue weighted by Crippen LogP contribution is -2.17. The maximum Gasteiger partial charge on any atom is 0.0947 e. The van der Waals surface area contributed by atoms with Crippen molar-refractivity contribution in [2.24, 2.45) is 0 Å². The third kappa shape index (κ3) is 3.46. The third-order valence-corrected chi connectivity index (χ3v) is 10.5. The second-order valence-corrected chi connectivity index (χ2v) is 13.7. The quantitative estimate of drug-likeness (QED) is 0.225. The molecule has 2 nitrogen and oxygen atoms in total. The Morgan fingerprint density at radius 2 is 1.20 bits per heavy atom. The zero-order valence-corrected chi connectivity index (χ0v) is 25.6. The van der Waals surface area contributed by atoms with Gasteiger partial charge in [-0.05, 0) is 67.8 Å². The van der Waals surface area contributed by atoms with E-state index in [0.717, 1.165) is 27.8 Å². The maximum atomic E-state index is 5.32. The first-order valence-corrected chi connectivity index (χ1v) is 15.7. The Hall–Kier alpha value is -4.95. The van der Waals surface area contributed by atoms with Crippen LogP contribution in [0.3, 0.4) is 0 Å². The van der Waals surface area contributed by atoms with E-state index in [9.17, 15) is 0 Å². The van der Waals surface area contributed by atoms with Crippen LogP contribution in [0.2, 0.25) is 0 Å². The molecule has 9 rings (SSSR count). The highest BCUT2D eigenvalue weighted by molar-refractivity contribution is 5.98. The molecule has 3 aliphatic rings. The van der Waals surface area contributed by atoms with Gasteiger partial charge in [-0.3, -0.25) is 0 Å². The number of pyridine rings is 1. The first-order chi connectivity index (χ1) is 21.3. The van der Waals surface area contributed by atoms with Crippen molar-refractivity contribution in [3.63, 3.8) is 0 Å². The van der Waals surface area contributed by atoms with Crippen molar-refractivity contribution in [2.75, 3.05) is 5.32 Å². The second-order valence-electron chi connectivity index (χ2n) is 13.7. The molecule has 0 radical (unpaired) electrons. The van der Waals surface area contributed by atoms with Gasteiger partial charge in [0, 0.05) is 21.8 Å². The van der Waals surface area contributed by atoms with Crippen LogP contribution in [0.4, 0.5) is 5.69 Å².